The van der Waals surface area contributed by atoms with Gasteiger partial charge in [-0.1, -0.05) is 13.3 Å². The molecule has 2 rings (SSSR count). The molecule has 0 aromatic heterocycles. The molecule has 88 valence electrons. The van der Waals surface area contributed by atoms with E-state index >= 15 is 0 Å². The van der Waals surface area contributed by atoms with Gasteiger partial charge >= 0.3 is 0 Å². The standard InChI is InChI=1S/C11H20O3S/c1-3-11(15(2,13)14)7-9(11)8-5-4-6-10(8)12/h8-10,12H,3-7H2,1-2H3/t8?,9-,10+,11?/m0/s1. The molecule has 0 aromatic rings. The molecule has 2 saturated carbocycles. The quantitative estimate of drug-likeness (QED) is 0.799. The fourth-order valence-corrected chi connectivity index (χ4v) is 5.12. The smallest absolute Gasteiger partial charge is 0.153 e. The van der Waals surface area contributed by atoms with Crippen LogP contribution in [0.25, 0.3) is 0 Å². The Balaban J connectivity index is 2.16. The van der Waals surface area contributed by atoms with Crippen LogP contribution < -0.4 is 0 Å². The first-order chi connectivity index (χ1) is 6.92. The van der Waals surface area contributed by atoms with Gasteiger partial charge in [0.1, 0.15) is 0 Å². The van der Waals surface area contributed by atoms with E-state index in [4.69, 9.17) is 0 Å². The lowest BCUT2D eigenvalue weighted by atomic mass is 9.97. The maximum Gasteiger partial charge on any atom is 0.153 e. The Labute approximate surface area is 91.8 Å². The van der Waals surface area contributed by atoms with Crippen LogP contribution in [-0.2, 0) is 9.84 Å². The molecule has 0 spiro atoms. The zero-order valence-corrected chi connectivity index (χ0v) is 10.3. The molecular formula is C11H20O3S. The van der Waals surface area contributed by atoms with Crippen LogP contribution in [0.4, 0.5) is 0 Å². The number of sulfone groups is 1. The predicted octanol–water partition coefficient (Wildman–Crippen LogP) is 1.36. The number of rotatable bonds is 3. The van der Waals surface area contributed by atoms with Gasteiger partial charge in [-0.05, 0) is 37.5 Å². The van der Waals surface area contributed by atoms with Gasteiger partial charge in [0.2, 0.25) is 0 Å². The second kappa shape index (κ2) is 3.45. The van der Waals surface area contributed by atoms with Gasteiger partial charge < -0.3 is 5.11 Å². The third kappa shape index (κ3) is 1.62. The molecule has 4 atom stereocenters. The molecule has 2 fully saturated rings. The lowest BCUT2D eigenvalue weighted by Gasteiger charge is -2.19. The number of aliphatic hydroxyl groups is 1. The topological polar surface area (TPSA) is 54.4 Å². The molecule has 2 aliphatic carbocycles. The molecule has 0 bridgehead atoms. The van der Waals surface area contributed by atoms with Crippen LogP contribution >= 0.6 is 0 Å². The van der Waals surface area contributed by atoms with Crippen molar-refractivity contribution in [3.05, 3.63) is 0 Å². The fraction of sp³-hybridized carbons (Fsp3) is 1.00. The number of hydrogen-bond donors (Lipinski definition) is 1. The third-order valence-electron chi connectivity index (χ3n) is 4.47. The highest BCUT2D eigenvalue weighted by molar-refractivity contribution is 7.92. The van der Waals surface area contributed by atoms with Crippen LogP contribution in [0.15, 0.2) is 0 Å². The van der Waals surface area contributed by atoms with Crippen LogP contribution in [0, 0.1) is 11.8 Å². The summed E-state index contributed by atoms with van der Waals surface area (Å²) in [6.07, 6.45) is 5.45. The van der Waals surface area contributed by atoms with Crippen LogP contribution in [0.1, 0.15) is 39.0 Å². The molecule has 0 aromatic carbocycles. The molecule has 15 heavy (non-hydrogen) atoms. The molecule has 4 heteroatoms. The second-order valence-corrected chi connectivity index (χ2v) is 7.52. The van der Waals surface area contributed by atoms with Gasteiger partial charge in [0.15, 0.2) is 9.84 Å². The minimum atomic E-state index is -2.96. The van der Waals surface area contributed by atoms with Crippen molar-refractivity contribution in [2.75, 3.05) is 6.26 Å². The molecular weight excluding hydrogens is 212 g/mol. The van der Waals surface area contributed by atoms with Crippen LogP contribution in [-0.4, -0.2) is 30.6 Å². The first-order valence-corrected chi connectivity index (χ1v) is 7.69. The summed E-state index contributed by atoms with van der Waals surface area (Å²) in [5.41, 5.74) is 0. The van der Waals surface area contributed by atoms with Crippen molar-refractivity contribution >= 4 is 9.84 Å². The van der Waals surface area contributed by atoms with E-state index in [0.29, 0.717) is 6.42 Å². The molecule has 2 aliphatic rings. The van der Waals surface area contributed by atoms with E-state index in [-0.39, 0.29) is 17.9 Å². The number of aliphatic hydroxyl groups excluding tert-OH is 1. The summed E-state index contributed by atoms with van der Waals surface area (Å²) in [5.74, 6) is 0.453. The molecule has 1 N–H and O–H groups in total. The van der Waals surface area contributed by atoms with Crippen LogP contribution in [0.3, 0.4) is 0 Å². The zero-order valence-electron chi connectivity index (χ0n) is 9.44. The summed E-state index contributed by atoms with van der Waals surface area (Å²) in [5, 5.41) is 9.80. The van der Waals surface area contributed by atoms with E-state index in [1.165, 1.54) is 6.26 Å². The lowest BCUT2D eigenvalue weighted by molar-refractivity contribution is 0.119. The summed E-state index contributed by atoms with van der Waals surface area (Å²) in [6, 6.07) is 0. The SMILES string of the molecule is CCC1(S(C)(=O)=O)C[C@H]1C1CCC[C@H]1O. The Morgan fingerprint density at radius 1 is 1.40 bits per heavy atom. The molecule has 2 unspecified atom stereocenters. The molecule has 0 saturated heterocycles. The Morgan fingerprint density at radius 2 is 2.07 bits per heavy atom. The zero-order chi connectivity index (χ0) is 11.3. The summed E-state index contributed by atoms with van der Waals surface area (Å²) >= 11 is 0. The molecule has 0 radical (unpaired) electrons. The minimum Gasteiger partial charge on any atom is -0.393 e. The highest BCUT2D eigenvalue weighted by Gasteiger charge is 2.64. The molecule has 0 heterocycles. The summed E-state index contributed by atoms with van der Waals surface area (Å²) < 4.78 is 23.0. The highest BCUT2D eigenvalue weighted by Crippen LogP contribution is 2.59. The maximum absolute atomic E-state index is 11.7. The van der Waals surface area contributed by atoms with Gasteiger partial charge in [-0.25, -0.2) is 8.42 Å². The van der Waals surface area contributed by atoms with Gasteiger partial charge in [0, 0.05) is 6.26 Å². The van der Waals surface area contributed by atoms with Gasteiger partial charge in [-0.15, -0.1) is 0 Å². The minimum absolute atomic E-state index is 0.218. The Bertz CT molecular complexity index is 349. The Hall–Kier alpha value is -0.0900. The van der Waals surface area contributed by atoms with Gasteiger partial charge in [-0.3, -0.25) is 0 Å². The second-order valence-electron chi connectivity index (χ2n) is 5.16. The first kappa shape index (κ1) is 11.4. The van der Waals surface area contributed by atoms with Crippen molar-refractivity contribution in [1.82, 2.24) is 0 Å². The summed E-state index contributed by atoms with van der Waals surface area (Å²) in [4.78, 5) is 0. The van der Waals surface area contributed by atoms with E-state index in [9.17, 15) is 13.5 Å². The average Bonchev–Trinajstić information content (AvgIpc) is 2.76. The van der Waals surface area contributed by atoms with Gasteiger partial charge in [0.05, 0.1) is 10.9 Å². The first-order valence-electron chi connectivity index (χ1n) is 5.80. The van der Waals surface area contributed by atoms with Gasteiger partial charge in [-0.2, -0.15) is 0 Å². The normalized spacial score (nSPS) is 45.7. The average molecular weight is 232 g/mol. The predicted molar refractivity (Wildman–Crippen MR) is 59.3 cm³/mol. The van der Waals surface area contributed by atoms with E-state index < -0.39 is 14.6 Å². The van der Waals surface area contributed by atoms with E-state index in [0.717, 1.165) is 25.7 Å². The van der Waals surface area contributed by atoms with Crippen molar-refractivity contribution < 1.29 is 13.5 Å². The molecule has 0 aliphatic heterocycles. The van der Waals surface area contributed by atoms with Crippen molar-refractivity contribution in [1.29, 1.82) is 0 Å². The Kier molecular flexibility index (Phi) is 2.62. The van der Waals surface area contributed by atoms with Crippen molar-refractivity contribution in [3.8, 4) is 0 Å². The van der Waals surface area contributed by atoms with E-state index in [2.05, 4.69) is 0 Å². The van der Waals surface area contributed by atoms with Gasteiger partial charge in [0.25, 0.3) is 0 Å². The Morgan fingerprint density at radius 3 is 2.40 bits per heavy atom. The fourth-order valence-electron chi connectivity index (χ4n) is 3.39. The summed E-state index contributed by atoms with van der Waals surface area (Å²) in [7, 11) is -2.96. The highest BCUT2D eigenvalue weighted by atomic mass is 32.2. The summed E-state index contributed by atoms with van der Waals surface area (Å²) in [6.45, 7) is 1.95. The molecule has 3 nitrogen and oxygen atoms in total. The van der Waals surface area contributed by atoms with Crippen molar-refractivity contribution in [3.63, 3.8) is 0 Å². The largest absolute Gasteiger partial charge is 0.393 e. The maximum atomic E-state index is 11.7. The lowest BCUT2D eigenvalue weighted by Crippen LogP contribution is -2.28. The monoisotopic (exact) mass is 232 g/mol. The van der Waals surface area contributed by atoms with Crippen molar-refractivity contribution in [2.45, 2.75) is 49.9 Å². The van der Waals surface area contributed by atoms with E-state index in [1.807, 2.05) is 6.92 Å². The molecule has 0 amide bonds. The van der Waals surface area contributed by atoms with Crippen LogP contribution in [0.5, 0.6) is 0 Å². The number of hydrogen-bond acceptors (Lipinski definition) is 3. The van der Waals surface area contributed by atoms with Crippen molar-refractivity contribution in [2.24, 2.45) is 11.8 Å². The van der Waals surface area contributed by atoms with Crippen LogP contribution in [0.2, 0.25) is 0 Å². The third-order valence-corrected chi connectivity index (χ3v) is 6.70. The van der Waals surface area contributed by atoms with E-state index in [1.54, 1.807) is 0 Å².